The summed E-state index contributed by atoms with van der Waals surface area (Å²) in [6.45, 7) is 9.00. The normalized spacial score (nSPS) is 48.2. The van der Waals surface area contributed by atoms with Crippen molar-refractivity contribution in [1.29, 1.82) is 0 Å². The highest BCUT2D eigenvalue weighted by Gasteiger charge is 2.63. The molecule has 1 aromatic carbocycles. The standard InChI is InChI=1S/C26H34O4/c1-13-14(2)16(4)28-25(15(13)3)29-21-10-8-19-17-6-5-11-26(19)22-18(12-17)7-9-20(27)23(22)30-24(21)26/h7-10,13-17,19,21,24-25,27H,5-6,11-12H2,1-4H3/t13-,14-,15+,16+,17+,19?,21-,24-,25-,26-/m0/s1. The van der Waals surface area contributed by atoms with Crippen LogP contribution in [0.1, 0.15) is 58.1 Å². The Morgan fingerprint density at radius 2 is 1.90 bits per heavy atom. The van der Waals surface area contributed by atoms with Crippen LogP contribution in [0.4, 0.5) is 0 Å². The monoisotopic (exact) mass is 410 g/mol. The molecule has 1 spiro atoms. The van der Waals surface area contributed by atoms with Crippen LogP contribution in [0, 0.1) is 29.6 Å². The molecule has 1 N–H and O–H groups in total. The highest BCUT2D eigenvalue weighted by atomic mass is 16.7. The summed E-state index contributed by atoms with van der Waals surface area (Å²) in [5.41, 5.74) is 2.59. The van der Waals surface area contributed by atoms with Crippen molar-refractivity contribution in [3.8, 4) is 11.5 Å². The Balaban J connectivity index is 1.39. The molecule has 0 amide bonds. The van der Waals surface area contributed by atoms with Crippen LogP contribution in [0.25, 0.3) is 0 Å². The van der Waals surface area contributed by atoms with Gasteiger partial charge >= 0.3 is 0 Å². The fourth-order valence-corrected chi connectivity index (χ4v) is 7.41. The fourth-order valence-electron chi connectivity index (χ4n) is 7.41. The smallest absolute Gasteiger partial charge is 0.165 e. The molecule has 10 atom stereocenters. The van der Waals surface area contributed by atoms with Crippen LogP contribution in [0.3, 0.4) is 0 Å². The van der Waals surface area contributed by atoms with Crippen LogP contribution < -0.4 is 4.74 Å². The number of benzene rings is 1. The van der Waals surface area contributed by atoms with Gasteiger partial charge in [-0.2, -0.15) is 0 Å². The molecule has 2 heterocycles. The first-order valence-corrected chi connectivity index (χ1v) is 11.9. The molecule has 2 fully saturated rings. The summed E-state index contributed by atoms with van der Waals surface area (Å²) in [5, 5.41) is 10.6. The van der Waals surface area contributed by atoms with Gasteiger partial charge in [-0.05, 0) is 61.5 Å². The summed E-state index contributed by atoms with van der Waals surface area (Å²) < 4.78 is 19.6. The topological polar surface area (TPSA) is 47.9 Å². The second-order valence-electron chi connectivity index (χ2n) is 10.7. The second-order valence-corrected chi connectivity index (χ2v) is 10.7. The summed E-state index contributed by atoms with van der Waals surface area (Å²) in [7, 11) is 0. The first-order valence-electron chi connectivity index (χ1n) is 11.9. The van der Waals surface area contributed by atoms with E-state index in [9.17, 15) is 5.11 Å². The Kier molecular flexibility index (Phi) is 4.15. The maximum Gasteiger partial charge on any atom is 0.165 e. The molecule has 2 bridgehead atoms. The van der Waals surface area contributed by atoms with Crippen LogP contribution in [0.5, 0.6) is 11.5 Å². The number of phenolic OH excluding ortho intramolecular Hbond substituents is 1. The van der Waals surface area contributed by atoms with Crippen LogP contribution >= 0.6 is 0 Å². The van der Waals surface area contributed by atoms with Gasteiger partial charge in [0.25, 0.3) is 0 Å². The number of hydrogen-bond acceptors (Lipinski definition) is 4. The average molecular weight is 411 g/mol. The van der Waals surface area contributed by atoms with Crippen LogP contribution in [0.2, 0.25) is 0 Å². The molecule has 1 aromatic rings. The molecule has 5 aliphatic rings. The van der Waals surface area contributed by atoms with Crippen molar-refractivity contribution in [2.24, 2.45) is 29.6 Å². The van der Waals surface area contributed by atoms with Crippen LogP contribution in [-0.2, 0) is 21.3 Å². The van der Waals surface area contributed by atoms with E-state index in [1.807, 2.05) is 6.07 Å². The summed E-state index contributed by atoms with van der Waals surface area (Å²) in [6.07, 6.45) is 9.08. The van der Waals surface area contributed by atoms with E-state index < -0.39 is 0 Å². The average Bonchev–Trinajstić information content (AvgIpc) is 3.08. The number of rotatable bonds is 2. The first-order chi connectivity index (χ1) is 14.4. The van der Waals surface area contributed by atoms with Gasteiger partial charge in [0.05, 0.1) is 6.10 Å². The highest BCUT2D eigenvalue weighted by Crippen LogP contribution is 2.64. The van der Waals surface area contributed by atoms with E-state index in [-0.39, 0.29) is 35.8 Å². The van der Waals surface area contributed by atoms with E-state index in [1.165, 1.54) is 24.0 Å². The van der Waals surface area contributed by atoms with Gasteiger partial charge in [0.1, 0.15) is 12.2 Å². The molecule has 162 valence electrons. The van der Waals surface area contributed by atoms with Gasteiger partial charge in [0, 0.05) is 16.9 Å². The zero-order valence-electron chi connectivity index (χ0n) is 18.5. The van der Waals surface area contributed by atoms with Crippen molar-refractivity contribution in [3.63, 3.8) is 0 Å². The Morgan fingerprint density at radius 1 is 1.07 bits per heavy atom. The van der Waals surface area contributed by atoms with Gasteiger partial charge in [-0.1, -0.05) is 45.4 Å². The number of phenols is 1. The lowest BCUT2D eigenvalue weighted by atomic mass is 9.50. The van der Waals surface area contributed by atoms with E-state index in [1.54, 1.807) is 0 Å². The maximum atomic E-state index is 10.6. The zero-order valence-corrected chi connectivity index (χ0v) is 18.5. The summed E-state index contributed by atoms with van der Waals surface area (Å²) in [4.78, 5) is 0. The van der Waals surface area contributed by atoms with Crippen molar-refractivity contribution < 1.29 is 19.3 Å². The molecule has 4 nitrogen and oxygen atoms in total. The van der Waals surface area contributed by atoms with Gasteiger partial charge in [-0.15, -0.1) is 0 Å². The number of aromatic hydroxyl groups is 1. The third-order valence-electron chi connectivity index (χ3n) is 9.47. The van der Waals surface area contributed by atoms with Gasteiger partial charge in [0.2, 0.25) is 0 Å². The molecule has 1 saturated carbocycles. The van der Waals surface area contributed by atoms with Crippen molar-refractivity contribution in [1.82, 2.24) is 0 Å². The minimum absolute atomic E-state index is 0.0631. The highest BCUT2D eigenvalue weighted by molar-refractivity contribution is 5.61. The second kappa shape index (κ2) is 6.49. The summed E-state index contributed by atoms with van der Waals surface area (Å²) in [5.74, 6) is 3.53. The molecular formula is C26H34O4. The molecule has 1 saturated heterocycles. The Hall–Kier alpha value is -1.52. The van der Waals surface area contributed by atoms with Crippen molar-refractivity contribution in [2.45, 2.75) is 83.4 Å². The minimum Gasteiger partial charge on any atom is -0.504 e. The predicted molar refractivity (Wildman–Crippen MR) is 115 cm³/mol. The lowest BCUT2D eigenvalue weighted by Gasteiger charge is -2.54. The van der Waals surface area contributed by atoms with E-state index in [2.05, 4.69) is 45.9 Å². The maximum absolute atomic E-state index is 10.6. The Labute approximate surface area is 179 Å². The molecule has 0 aromatic heterocycles. The van der Waals surface area contributed by atoms with Gasteiger partial charge in [-0.25, -0.2) is 0 Å². The molecular weight excluding hydrogens is 376 g/mol. The Morgan fingerprint density at radius 3 is 2.73 bits per heavy atom. The zero-order chi connectivity index (χ0) is 20.8. The molecule has 0 radical (unpaired) electrons. The van der Waals surface area contributed by atoms with Crippen LogP contribution in [-0.4, -0.2) is 29.7 Å². The SMILES string of the molecule is C[C@@H]1[C@@H](C)[C@H](O[C@H]2C=CC3[C@@H]4CCC[C@@]35c3c(ccc(O)c3O[C@@H]25)C4)O[C@H](C)[C@H]1C. The number of allylic oxidation sites excluding steroid dienone is 1. The first kappa shape index (κ1) is 19.2. The largest absolute Gasteiger partial charge is 0.504 e. The van der Waals surface area contributed by atoms with E-state index in [4.69, 9.17) is 14.2 Å². The molecule has 1 unspecified atom stereocenters. The predicted octanol–water partition coefficient (Wildman–Crippen LogP) is 4.97. The fraction of sp³-hybridized carbons (Fsp3) is 0.692. The lowest BCUT2D eigenvalue weighted by molar-refractivity contribution is -0.265. The molecule has 2 aliphatic heterocycles. The molecule has 6 rings (SSSR count). The third-order valence-corrected chi connectivity index (χ3v) is 9.47. The van der Waals surface area contributed by atoms with Crippen molar-refractivity contribution in [3.05, 3.63) is 35.4 Å². The minimum atomic E-state index is -0.225. The molecule has 3 aliphatic carbocycles. The molecule has 30 heavy (non-hydrogen) atoms. The Bertz CT molecular complexity index is 893. The number of ether oxygens (including phenoxy) is 3. The number of hydrogen-bond donors (Lipinski definition) is 1. The van der Waals surface area contributed by atoms with Gasteiger partial charge in [-0.3, -0.25) is 0 Å². The third kappa shape index (κ3) is 2.35. The summed E-state index contributed by atoms with van der Waals surface area (Å²) in [6, 6.07) is 3.94. The van der Waals surface area contributed by atoms with Crippen molar-refractivity contribution in [2.75, 3.05) is 0 Å². The van der Waals surface area contributed by atoms with E-state index in [0.29, 0.717) is 35.3 Å². The van der Waals surface area contributed by atoms with E-state index in [0.717, 1.165) is 12.8 Å². The lowest BCUT2D eigenvalue weighted by Crippen LogP contribution is -2.59. The molecule has 4 heteroatoms. The van der Waals surface area contributed by atoms with Gasteiger partial charge in [0.15, 0.2) is 17.8 Å². The summed E-state index contributed by atoms with van der Waals surface area (Å²) >= 11 is 0. The van der Waals surface area contributed by atoms with E-state index >= 15 is 0 Å². The van der Waals surface area contributed by atoms with Crippen LogP contribution in [0.15, 0.2) is 24.3 Å². The van der Waals surface area contributed by atoms with Gasteiger partial charge < -0.3 is 19.3 Å². The quantitative estimate of drug-likeness (QED) is 0.699. The van der Waals surface area contributed by atoms with Crippen molar-refractivity contribution >= 4 is 0 Å².